The van der Waals surface area contributed by atoms with E-state index in [1.807, 2.05) is 6.07 Å². The first-order valence-corrected chi connectivity index (χ1v) is 11.8. The number of hydrogen-bond donors (Lipinski definition) is 7. The summed E-state index contributed by atoms with van der Waals surface area (Å²) in [4.78, 5) is 72.3. The van der Waals surface area contributed by atoms with Crippen molar-refractivity contribution in [2.24, 2.45) is 17.4 Å². The Balaban J connectivity index is 3.03. The third-order valence-electron chi connectivity index (χ3n) is 5.73. The van der Waals surface area contributed by atoms with E-state index >= 15 is 0 Å². The van der Waals surface area contributed by atoms with Gasteiger partial charge in [0.25, 0.3) is 0 Å². The number of nitrogens with one attached hydrogen (secondary N) is 3. The summed E-state index contributed by atoms with van der Waals surface area (Å²) < 4.78 is 0. The van der Waals surface area contributed by atoms with Gasteiger partial charge in [0.05, 0.1) is 12.5 Å². The van der Waals surface area contributed by atoms with Gasteiger partial charge < -0.3 is 37.6 Å². The van der Waals surface area contributed by atoms with Crippen molar-refractivity contribution in [3.05, 3.63) is 35.9 Å². The molecule has 0 aliphatic heterocycles. The molecule has 1 rings (SSSR count). The Bertz CT molecular complexity index is 971. The van der Waals surface area contributed by atoms with Crippen LogP contribution in [-0.2, 0) is 35.2 Å². The number of aliphatic carboxylic acids is 2. The van der Waals surface area contributed by atoms with E-state index in [0.717, 1.165) is 5.56 Å². The highest BCUT2D eigenvalue weighted by Crippen LogP contribution is 2.11. The van der Waals surface area contributed by atoms with Crippen LogP contribution in [0, 0.1) is 5.92 Å². The van der Waals surface area contributed by atoms with E-state index in [1.54, 1.807) is 38.1 Å². The third kappa shape index (κ3) is 11.1. The molecular formula is C24H35N5O8. The van der Waals surface area contributed by atoms with Crippen molar-refractivity contribution in [2.75, 3.05) is 0 Å². The summed E-state index contributed by atoms with van der Waals surface area (Å²) in [7, 11) is 0. The van der Waals surface area contributed by atoms with Gasteiger partial charge in [0.1, 0.15) is 18.1 Å². The van der Waals surface area contributed by atoms with E-state index in [1.165, 1.54) is 0 Å². The average molecular weight is 522 g/mol. The molecule has 0 radical (unpaired) electrons. The second kappa shape index (κ2) is 15.2. The molecule has 0 heterocycles. The number of carboxylic acids is 2. The van der Waals surface area contributed by atoms with Crippen molar-refractivity contribution in [1.29, 1.82) is 0 Å². The Labute approximate surface area is 214 Å². The van der Waals surface area contributed by atoms with Crippen LogP contribution in [0.5, 0.6) is 0 Å². The minimum Gasteiger partial charge on any atom is -0.481 e. The van der Waals surface area contributed by atoms with E-state index < -0.39 is 72.1 Å². The largest absolute Gasteiger partial charge is 0.481 e. The van der Waals surface area contributed by atoms with Crippen LogP contribution >= 0.6 is 0 Å². The van der Waals surface area contributed by atoms with Crippen molar-refractivity contribution in [3.8, 4) is 0 Å². The predicted octanol–water partition coefficient (Wildman–Crippen LogP) is -1.12. The number of primary amides is 1. The van der Waals surface area contributed by atoms with Crippen LogP contribution < -0.4 is 27.4 Å². The maximum Gasteiger partial charge on any atom is 0.326 e. The van der Waals surface area contributed by atoms with E-state index in [9.17, 15) is 33.9 Å². The fraction of sp³-hybridized carbons (Fsp3) is 0.500. The standard InChI is InChI=1S/C24H35N5O8/c1-3-13(2)20(23(35)28-17(24(36)37)12-19(31)32)29-22(34)16(9-10-18(26)30)27-21(33)15(25)11-14-7-5-4-6-8-14/h4-8,13,15-17,20H,3,9-12,25H2,1-2H3,(H2,26,30)(H,27,33)(H,28,35)(H,29,34)(H,31,32)(H,36,37). The Morgan fingerprint density at radius 3 is 2.00 bits per heavy atom. The summed E-state index contributed by atoms with van der Waals surface area (Å²) in [6, 6.07) is 3.71. The highest BCUT2D eigenvalue weighted by molar-refractivity contribution is 5.95. The van der Waals surface area contributed by atoms with Crippen LogP contribution in [0.4, 0.5) is 0 Å². The lowest BCUT2D eigenvalue weighted by Crippen LogP contribution is -2.59. The van der Waals surface area contributed by atoms with E-state index in [2.05, 4.69) is 16.0 Å². The minimum absolute atomic E-state index is 0.170. The zero-order valence-corrected chi connectivity index (χ0v) is 20.8. The summed E-state index contributed by atoms with van der Waals surface area (Å²) >= 11 is 0. The first kappa shape index (κ1) is 31.0. The molecule has 0 saturated heterocycles. The van der Waals surface area contributed by atoms with Crippen LogP contribution in [0.2, 0.25) is 0 Å². The first-order chi connectivity index (χ1) is 17.3. The lowest BCUT2D eigenvalue weighted by atomic mass is 9.97. The van der Waals surface area contributed by atoms with Crippen molar-refractivity contribution < 1.29 is 39.0 Å². The fourth-order valence-corrected chi connectivity index (χ4v) is 3.39. The second-order valence-electron chi connectivity index (χ2n) is 8.73. The molecule has 13 heteroatoms. The van der Waals surface area contributed by atoms with Crippen LogP contribution in [0.3, 0.4) is 0 Å². The molecular weight excluding hydrogens is 486 g/mol. The third-order valence-corrected chi connectivity index (χ3v) is 5.73. The normalized spacial score (nSPS) is 14.8. The summed E-state index contributed by atoms with van der Waals surface area (Å²) in [5, 5.41) is 25.2. The highest BCUT2D eigenvalue weighted by atomic mass is 16.4. The van der Waals surface area contributed by atoms with Gasteiger partial charge in [-0.05, 0) is 24.3 Å². The number of benzene rings is 1. The van der Waals surface area contributed by atoms with Crippen LogP contribution in [0.1, 0.15) is 45.1 Å². The molecule has 1 aromatic carbocycles. The number of rotatable bonds is 16. The molecule has 0 aliphatic carbocycles. The number of carbonyl (C=O) groups excluding carboxylic acids is 4. The number of hydrogen-bond acceptors (Lipinski definition) is 7. The molecule has 0 aromatic heterocycles. The SMILES string of the molecule is CCC(C)C(NC(=O)C(CCC(N)=O)NC(=O)C(N)Cc1ccccc1)C(=O)NC(CC(=O)O)C(=O)O. The lowest BCUT2D eigenvalue weighted by molar-refractivity contribution is -0.147. The summed E-state index contributed by atoms with van der Waals surface area (Å²) in [5.41, 5.74) is 12.0. The molecule has 1 aromatic rings. The second-order valence-corrected chi connectivity index (χ2v) is 8.73. The molecule has 37 heavy (non-hydrogen) atoms. The molecule has 0 fully saturated rings. The van der Waals surface area contributed by atoms with E-state index in [4.69, 9.17) is 16.6 Å². The predicted molar refractivity (Wildman–Crippen MR) is 132 cm³/mol. The van der Waals surface area contributed by atoms with Gasteiger partial charge in [0.15, 0.2) is 0 Å². The zero-order valence-electron chi connectivity index (χ0n) is 20.8. The molecule has 204 valence electrons. The van der Waals surface area contributed by atoms with Gasteiger partial charge in [-0.25, -0.2) is 4.79 Å². The lowest BCUT2D eigenvalue weighted by Gasteiger charge is -2.28. The van der Waals surface area contributed by atoms with E-state index in [0.29, 0.717) is 6.42 Å². The van der Waals surface area contributed by atoms with Crippen molar-refractivity contribution in [1.82, 2.24) is 16.0 Å². The number of carbonyl (C=O) groups is 6. The molecule has 5 unspecified atom stereocenters. The van der Waals surface area contributed by atoms with Gasteiger partial charge in [-0.15, -0.1) is 0 Å². The van der Waals surface area contributed by atoms with Gasteiger partial charge in [-0.1, -0.05) is 50.6 Å². The van der Waals surface area contributed by atoms with Gasteiger partial charge in [0, 0.05) is 6.42 Å². The fourth-order valence-electron chi connectivity index (χ4n) is 3.39. The Kier molecular flexibility index (Phi) is 12.7. The van der Waals surface area contributed by atoms with Gasteiger partial charge in [-0.2, -0.15) is 0 Å². The maximum absolute atomic E-state index is 13.1. The average Bonchev–Trinajstić information content (AvgIpc) is 2.83. The zero-order chi connectivity index (χ0) is 28.1. The molecule has 0 bridgehead atoms. The maximum atomic E-state index is 13.1. The summed E-state index contributed by atoms with van der Waals surface area (Å²) in [6.07, 6.45) is -0.689. The van der Waals surface area contributed by atoms with Crippen molar-refractivity contribution >= 4 is 35.6 Å². The molecule has 5 atom stereocenters. The van der Waals surface area contributed by atoms with Crippen molar-refractivity contribution in [2.45, 2.75) is 70.1 Å². The van der Waals surface area contributed by atoms with Crippen LogP contribution in [0.25, 0.3) is 0 Å². The van der Waals surface area contributed by atoms with Crippen molar-refractivity contribution in [3.63, 3.8) is 0 Å². The number of nitrogens with two attached hydrogens (primary N) is 2. The topological polar surface area (TPSA) is 231 Å². The number of amides is 4. The molecule has 9 N–H and O–H groups in total. The smallest absolute Gasteiger partial charge is 0.326 e. The molecule has 0 spiro atoms. The minimum atomic E-state index is -1.71. The molecule has 0 aliphatic rings. The Morgan fingerprint density at radius 2 is 1.49 bits per heavy atom. The van der Waals surface area contributed by atoms with Gasteiger partial charge in [0.2, 0.25) is 23.6 Å². The van der Waals surface area contributed by atoms with Crippen LogP contribution in [0.15, 0.2) is 30.3 Å². The Morgan fingerprint density at radius 1 is 0.892 bits per heavy atom. The Hall–Kier alpha value is -4.00. The summed E-state index contributed by atoms with van der Waals surface area (Å²) in [6.45, 7) is 3.36. The van der Waals surface area contributed by atoms with Crippen LogP contribution in [-0.4, -0.2) is 69.9 Å². The molecule has 0 saturated carbocycles. The molecule has 4 amide bonds. The monoisotopic (exact) mass is 521 g/mol. The summed E-state index contributed by atoms with van der Waals surface area (Å²) in [5.74, 6) is -6.57. The van der Waals surface area contributed by atoms with E-state index in [-0.39, 0.29) is 19.3 Å². The highest BCUT2D eigenvalue weighted by Gasteiger charge is 2.33. The number of carboxylic acid groups (broad SMARTS) is 2. The molecule has 13 nitrogen and oxygen atoms in total. The van der Waals surface area contributed by atoms with Gasteiger partial charge in [-0.3, -0.25) is 24.0 Å². The quantitative estimate of drug-likeness (QED) is 0.139. The van der Waals surface area contributed by atoms with Gasteiger partial charge >= 0.3 is 11.9 Å². The first-order valence-electron chi connectivity index (χ1n) is 11.8.